The van der Waals surface area contributed by atoms with Crippen LogP contribution in [0, 0.1) is 0 Å². The molecule has 0 unspecified atom stereocenters. The first-order valence-corrected chi connectivity index (χ1v) is 4.33. The number of rotatable bonds is 2. The number of hydrogen-bond donors (Lipinski definition) is 2. The van der Waals surface area contributed by atoms with Crippen molar-refractivity contribution in [1.82, 2.24) is 5.43 Å². The number of nitrogens with one attached hydrogen (secondary N) is 1. The highest BCUT2D eigenvalue weighted by molar-refractivity contribution is 6.30. The van der Waals surface area contributed by atoms with Gasteiger partial charge in [0.2, 0.25) is 0 Å². The maximum Gasteiger partial charge on any atom is 0.271 e. The maximum absolute atomic E-state index is 11.3. The van der Waals surface area contributed by atoms with Crippen molar-refractivity contribution in [3.8, 4) is 0 Å². The fourth-order valence-electron chi connectivity index (χ4n) is 0.805. The Kier molecular flexibility index (Phi) is 3.48. The predicted molar refractivity (Wildman–Crippen MR) is 56.2 cm³/mol. The molecule has 0 aliphatic heterocycles. The molecule has 0 fully saturated rings. The Hall–Kier alpha value is -1.55. The Bertz CT molecular complexity index is 355. The number of amides is 1. The normalized spacial score (nSPS) is 11.1. The minimum Gasteiger partial charge on any atom is -0.386 e. The average Bonchev–Trinajstić information content (AvgIpc) is 2.15. The molecule has 0 aliphatic carbocycles. The van der Waals surface area contributed by atoms with E-state index >= 15 is 0 Å². The summed E-state index contributed by atoms with van der Waals surface area (Å²) < 4.78 is 0. The molecule has 4 nitrogen and oxygen atoms in total. The van der Waals surface area contributed by atoms with Crippen LogP contribution in [-0.4, -0.2) is 11.7 Å². The van der Waals surface area contributed by atoms with E-state index in [1.165, 1.54) is 0 Å². The van der Waals surface area contributed by atoms with Crippen molar-refractivity contribution in [2.75, 3.05) is 0 Å². The molecule has 0 saturated heterocycles. The molecule has 74 valence electrons. The van der Waals surface area contributed by atoms with Crippen molar-refractivity contribution in [3.05, 3.63) is 34.9 Å². The van der Waals surface area contributed by atoms with Crippen LogP contribution in [0.15, 0.2) is 29.4 Å². The number of carbonyl (C=O) groups excluding carboxylic acids is 1. The molecular weight excluding hydrogens is 202 g/mol. The summed E-state index contributed by atoms with van der Waals surface area (Å²) in [5.74, 6) is -0.0150. The molecular formula is C9H10ClN3O. The second-order valence-electron chi connectivity index (χ2n) is 2.70. The highest BCUT2D eigenvalue weighted by Gasteiger charge is 2.02. The van der Waals surface area contributed by atoms with Crippen molar-refractivity contribution in [1.29, 1.82) is 0 Å². The van der Waals surface area contributed by atoms with Crippen molar-refractivity contribution >= 4 is 23.3 Å². The standard InChI is InChI=1S/C9H10ClN3O/c1-6(11)12-13-9(14)7-2-4-8(10)5-3-7/h2-5H,1H3,(H2,11,12)(H,13,14). The molecule has 3 N–H and O–H groups in total. The van der Waals surface area contributed by atoms with Crippen LogP contribution < -0.4 is 11.2 Å². The van der Waals surface area contributed by atoms with Crippen LogP contribution in [0.1, 0.15) is 17.3 Å². The zero-order chi connectivity index (χ0) is 10.6. The summed E-state index contributed by atoms with van der Waals surface area (Å²) in [4.78, 5) is 11.3. The summed E-state index contributed by atoms with van der Waals surface area (Å²) in [7, 11) is 0. The van der Waals surface area contributed by atoms with Crippen molar-refractivity contribution in [3.63, 3.8) is 0 Å². The Morgan fingerprint density at radius 2 is 2.00 bits per heavy atom. The summed E-state index contributed by atoms with van der Waals surface area (Å²) in [5, 5.41) is 4.17. The first-order valence-electron chi connectivity index (χ1n) is 3.95. The van der Waals surface area contributed by atoms with Gasteiger partial charge in [-0.3, -0.25) is 4.79 Å². The Morgan fingerprint density at radius 3 is 2.50 bits per heavy atom. The Morgan fingerprint density at radius 1 is 1.43 bits per heavy atom. The Balaban J connectivity index is 2.70. The molecule has 1 aromatic carbocycles. The second-order valence-corrected chi connectivity index (χ2v) is 3.14. The van der Waals surface area contributed by atoms with Gasteiger partial charge in [0.15, 0.2) is 0 Å². The van der Waals surface area contributed by atoms with E-state index in [0.717, 1.165) is 0 Å². The van der Waals surface area contributed by atoms with Crippen LogP contribution in [0.5, 0.6) is 0 Å². The third-order valence-electron chi connectivity index (χ3n) is 1.44. The van der Waals surface area contributed by atoms with Gasteiger partial charge < -0.3 is 5.73 Å². The van der Waals surface area contributed by atoms with E-state index in [0.29, 0.717) is 16.4 Å². The molecule has 0 spiro atoms. The van der Waals surface area contributed by atoms with Crippen molar-refractivity contribution in [2.24, 2.45) is 10.8 Å². The molecule has 0 aliphatic rings. The quantitative estimate of drug-likeness (QED) is 0.441. The summed E-state index contributed by atoms with van der Waals surface area (Å²) in [6.45, 7) is 1.59. The van der Waals surface area contributed by atoms with Crippen LogP contribution in [-0.2, 0) is 0 Å². The molecule has 1 aromatic rings. The molecule has 1 amide bonds. The first-order chi connectivity index (χ1) is 6.59. The van der Waals surface area contributed by atoms with Crippen LogP contribution in [0.4, 0.5) is 0 Å². The summed E-state index contributed by atoms with van der Waals surface area (Å²) in [5.41, 5.74) is 8.04. The molecule has 0 radical (unpaired) electrons. The van der Waals surface area contributed by atoms with Gasteiger partial charge in [-0.2, -0.15) is 5.10 Å². The first kappa shape index (κ1) is 10.5. The fourth-order valence-corrected chi connectivity index (χ4v) is 0.931. The number of hydrazone groups is 1. The van der Waals surface area contributed by atoms with Gasteiger partial charge in [-0.15, -0.1) is 0 Å². The topological polar surface area (TPSA) is 67.5 Å². The minimum absolute atomic E-state index is 0.298. The molecule has 14 heavy (non-hydrogen) atoms. The zero-order valence-electron chi connectivity index (χ0n) is 7.62. The van der Waals surface area contributed by atoms with Crippen LogP contribution in [0.3, 0.4) is 0 Å². The van der Waals surface area contributed by atoms with E-state index in [1.807, 2.05) is 0 Å². The lowest BCUT2D eigenvalue weighted by Gasteiger charge is -1.99. The lowest BCUT2D eigenvalue weighted by atomic mass is 10.2. The lowest BCUT2D eigenvalue weighted by molar-refractivity contribution is 0.0954. The van der Waals surface area contributed by atoms with Gasteiger partial charge >= 0.3 is 0 Å². The van der Waals surface area contributed by atoms with E-state index in [2.05, 4.69) is 10.5 Å². The fraction of sp³-hybridized carbons (Fsp3) is 0.111. The Labute approximate surface area is 86.7 Å². The maximum atomic E-state index is 11.3. The number of nitrogens with zero attached hydrogens (tertiary/aromatic N) is 1. The van der Waals surface area contributed by atoms with Gasteiger partial charge in [-0.1, -0.05) is 11.6 Å². The van der Waals surface area contributed by atoms with Crippen LogP contribution in [0.2, 0.25) is 5.02 Å². The largest absolute Gasteiger partial charge is 0.386 e. The molecule has 5 heteroatoms. The average molecular weight is 212 g/mol. The minimum atomic E-state index is -0.313. The molecule has 0 heterocycles. The van der Waals surface area contributed by atoms with E-state index < -0.39 is 0 Å². The predicted octanol–water partition coefficient (Wildman–Crippen LogP) is 1.36. The number of amidine groups is 1. The molecule has 0 aromatic heterocycles. The van der Waals surface area contributed by atoms with Crippen molar-refractivity contribution < 1.29 is 4.79 Å². The summed E-state index contributed by atoms with van der Waals surface area (Å²) in [6, 6.07) is 6.49. The summed E-state index contributed by atoms with van der Waals surface area (Å²) in [6.07, 6.45) is 0. The third-order valence-corrected chi connectivity index (χ3v) is 1.69. The van der Waals surface area contributed by atoms with E-state index in [-0.39, 0.29) is 5.91 Å². The number of hydrogen-bond acceptors (Lipinski definition) is 2. The number of halogens is 1. The SMILES string of the molecule is CC(N)=NNC(=O)c1ccc(Cl)cc1. The smallest absolute Gasteiger partial charge is 0.271 e. The highest BCUT2D eigenvalue weighted by Crippen LogP contribution is 2.09. The van der Waals surface area contributed by atoms with E-state index in [4.69, 9.17) is 17.3 Å². The van der Waals surface area contributed by atoms with Gasteiger partial charge in [0, 0.05) is 10.6 Å². The van der Waals surface area contributed by atoms with Crippen LogP contribution >= 0.6 is 11.6 Å². The van der Waals surface area contributed by atoms with Gasteiger partial charge in [-0.05, 0) is 31.2 Å². The van der Waals surface area contributed by atoms with Gasteiger partial charge in [0.25, 0.3) is 5.91 Å². The molecule has 0 atom stereocenters. The molecule has 0 bridgehead atoms. The van der Waals surface area contributed by atoms with Crippen LogP contribution in [0.25, 0.3) is 0 Å². The number of nitrogens with two attached hydrogens (primary N) is 1. The van der Waals surface area contributed by atoms with E-state index in [9.17, 15) is 4.79 Å². The number of carbonyl (C=O) groups is 1. The second kappa shape index (κ2) is 4.62. The zero-order valence-corrected chi connectivity index (χ0v) is 8.38. The van der Waals surface area contributed by atoms with Gasteiger partial charge in [-0.25, -0.2) is 5.43 Å². The van der Waals surface area contributed by atoms with Crippen molar-refractivity contribution in [2.45, 2.75) is 6.92 Å². The lowest BCUT2D eigenvalue weighted by Crippen LogP contribution is -2.21. The molecule has 0 saturated carbocycles. The van der Waals surface area contributed by atoms with Gasteiger partial charge in [0.05, 0.1) is 0 Å². The third kappa shape index (κ3) is 3.06. The van der Waals surface area contributed by atoms with Gasteiger partial charge in [0.1, 0.15) is 5.84 Å². The van der Waals surface area contributed by atoms with E-state index in [1.54, 1.807) is 31.2 Å². The highest BCUT2D eigenvalue weighted by atomic mass is 35.5. The number of benzene rings is 1. The molecule has 1 rings (SSSR count). The summed E-state index contributed by atoms with van der Waals surface area (Å²) >= 11 is 5.66. The monoisotopic (exact) mass is 211 g/mol.